The Morgan fingerprint density at radius 2 is 1.40 bits per heavy atom. The molecule has 0 unspecified atom stereocenters. The minimum Gasteiger partial charge on any atom is -0.474 e. The van der Waals surface area contributed by atoms with Crippen LogP contribution in [-0.4, -0.2) is 38.3 Å². The highest BCUT2D eigenvalue weighted by atomic mass is 28.4. The number of rotatable bonds is 5. The Hall–Kier alpha value is -0.883. The third-order valence-electron chi connectivity index (χ3n) is 2.00. The van der Waals surface area contributed by atoms with Crippen LogP contribution in [0, 0.1) is 0 Å². The van der Waals surface area contributed by atoms with Crippen molar-refractivity contribution in [3.63, 3.8) is 0 Å². The van der Waals surface area contributed by atoms with Crippen LogP contribution in [0.15, 0.2) is 0 Å². The fourth-order valence-corrected chi connectivity index (χ4v) is 4.00. The Kier molecular flexibility index (Phi) is 5.52. The maximum absolute atomic E-state index is 11.0. The highest BCUT2D eigenvalue weighted by molar-refractivity contribution is 6.66. The Balaban J connectivity index is 4.80. The first kappa shape index (κ1) is 14.1. The molecule has 0 radical (unpaired) electrons. The zero-order valence-corrected chi connectivity index (χ0v) is 11.0. The van der Waals surface area contributed by atoms with Crippen molar-refractivity contribution in [1.29, 1.82) is 0 Å². The van der Waals surface area contributed by atoms with E-state index in [1.54, 1.807) is 6.55 Å². The second-order valence-electron chi connectivity index (χ2n) is 3.26. The van der Waals surface area contributed by atoms with Gasteiger partial charge in [0.15, 0.2) is 0 Å². The SMILES string of the molecule is CCN(CC)[Si](C)(OC(C)=O)OC(C)=O. The molecule has 0 aliphatic heterocycles. The minimum atomic E-state index is -2.87. The summed E-state index contributed by atoms with van der Waals surface area (Å²) in [6.07, 6.45) is 0. The molecule has 0 aliphatic carbocycles. The van der Waals surface area contributed by atoms with E-state index < -0.39 is 20.7 Å². The van der Waals surface area contributed by atoms with Crippen LogP contribution in [0.4, 0.5) is 0 Å². The molecule has 0 fully saturated rings. The molecule has 15 heavy (non-hydrogen) atoms. The lowest BCUT2D eigenvalue weighted by Gasteiger charge is -2.33. The summed E-state index contributed by atoms with van der Waals surface area (Å²) in [6.45, 7) is 9.56. The quantitative estimate of drug-likeness (QED) is 0.664. The second kappa shape index (κ2) is 5.87. The summed E-state index contributed by atoms with van der Waals surface area (Å²) in [5.41, 5.74) is 0. The molecule has 88 valence electrons. The van der Waals surface area contributed by atoms with Gasteiger partial charge in [0.05, 0.1) is 0 Å². The Morgan fingerprint density at radius 1 is 1.07 bits per heavy atom. The normalized spacial score (nSPS) is 11.3. The lowest BCUT2D eigenvalue weighted by atomic mass is 10.7. The van der Waals surface area contributed by atoms with Crippen molar-refractivity contribution < 1.29 is 18.4 Å². The van der Waals surface area contributed by atoms with Gasteiger partial charge in [0.25, 0.3) is 11.9 Å². The van der Waals surface area contributed by atoms with Gasteiger partial charge in [0, 0.05) is 20.4 Å². The average Bonchev–Trinajstić information content (AvgIpc) is 2.01. The summed E-state index contributed by atoms with van der Waals surface area (Å²) in [5.74, 6) is -0.838. The van der Waals surface area contributed by atoms with Crippen molar-refractivity contribution in [2.45, 2.75) is 34.2 Å². The molecule has 0 rings (SSSR count). The lowest BCUT2D eigenvalue weighted by molar-refractivity contribution is -0.140. The van der Waals surface area contributed by atoms with E-state index in [0.717, 1.165) is 0 Å². The first-order valence-electron chi connectivity index (χ1n) is 5.00. The van der Waals surface area contributed by atoms with Gasteiger partial charge < -0.3 is 8.85 Å². The Bertz CT molecular complexity index is 224. The van der Waals surface area contributed by atoms with Gasteiger partial charge in [-0.1, -0.05) is 13.8 Å². The van der Waals surface area contributed by atoms with E-state index in [-0.39, 0.29) is 0 Å². The van der Waals surface area contributed by atoms with Gasteiger partial charge in [-0.2, -0.15) is 0 Å². The summed E-state index contributed by atoms with van der Waals surface area (Å²) < 4.78 is 12.2. The van der Waals surface area contributed by atoms with E-state index >= 15 is 0 Å². The Labute approximate surface area is 91.7 Å². The van der Waals surface area contributed by atoms with Crippen molar-refractivity contribution in [3.05, 3.63) is 0 Å². The van der Waals surface area contributed by atoms with Gasteiger partial charge in [-0.05, 0) is 13.1 Å². The molecule has 0 aliphatic rings. The summed E-state index contributed by atoms with van der Waals surface area (Å²) in [5, 5.41) is 0. The van der Waals surface area contributed by atoms with E-state index in [1.807, 2.05) is 18.4 Å². The van der Waals surface area contributed by atoms with Crippen LogP contribution >= 0.6 is 0 Å². The van der Waals surface area contributed by atoms with Crippen LogP contribution < -0.4 is 0 Å². The molecule has 0 saturated carbocycles. The van der Waals surface area contributed by atoms with Crippen molar-refractivity contribution in [2.24, 2.45) is 0 Å². The molecule has 5 nitrogen and oxygen atoms in total. The number of hydrogen-bond acceptors (Lipinski definition) is 5. The third-order valence-corrected chi connectivity index (χ3v) is 5.12. The molecule has 0 spiro atoms. The zero-order chi connectivity index (χ0) is 12.1. The number of carbonyl (C=O) groups is 2. The van der Waals surface area contributed by atoms with Crippen molar-refractivity contribution in [1.82, 2.24) is 4.57 Å². The molecule has 0 aromatic heterocycles. The van der Waals surface area contributed by atoms with Crippen LogP contribution in [-0.2, 0) is 18.4 Å². The molecule has 0 bridgehead atoms. The fraction of sp³-hybridized carbons (Fsp3) is 0.778. The number of carbonyl (C=O) groups excluding carboxylic acids is 2. The predicted molar refractivity (Wildman–Crippen MR) is 58.1 cm³/mol. The zero-order valence-electron chi connectivity index (χ0n) is 9.99. The van der Waals surface area contributed by atoms with Gasteiger partial charge in [0.2, 0.25) is 0 Å². The maximum atomic E-state index is 11.0. The first-order valence-corrected chi connectivity index (χ1v) is 7.26. The highest BCUT2D eigenvalue weighted by Crippen LogP contribution is 2.14. The van der Waals surface area contributed by atoms with Crippen LogP contribution in [0.5, 0.6) is 0 Å². The predicted octanol–water partition coefficient (Wildman–Crippen LogP) is 1.02. The van der Waals surface area contributed by atoms with Crippen molar-refractivity contribution >= 4 is 20.7 Å². The van der Waals surface area contributed by atoms with E-state index in [0.29, 0.717) is 13.1 Å². The van der Waals surface area contributed by atoms with E-state index in [2.05, 4.69) is 0 Å². The maximum Gasteiger partial charge on any atom is 0.555 e. The summed E-state index contributed by atoms with van der Waals surface area (Å²) >= 11 is 0. The van der Waals surface area contributed by atoms with E-state index in [1.165, 1.54) is 13.8 Å². The Morgan fingerprint density at radius 3 is 1.60 bits per heavy atom. The molecule has 0 N–H and O–H groups in total. The van der Waals surface area contributed by atoms with Crippen molar-refractivity contribution in [3.8, 4) is 0 Å². The van der Waals surface area contributed by atoms with Crippen LogP contribution in [0.2, 0.25) is 6.55 Å². The summed E-state index contributed by atoms with van der Waals surface area (Å²) in [7, 11) is -2.87. The largest absolute Gasteiger partial charge is 0.555 e. The summed E-state index contributed by atoms with van der Waals surface area (Å²) in [6, 6.07) is 0. The standard InChI is InChI=1S/C9H19NO4Si/c1-6-10(7-2)15(5,13-8(3)11)14-9(4)12/h6-7H2,1-5H3. The van der Waals surface area contributed by atoms with Gasteiger partial charge in [-0.25, -0.2) is 0 Å². The lowest BCUT2D eigenvalue weighted by Crippen LogP contribution is -2.57. The molecule has 0 heterocycles. The number of nitrogens with zero attached hydrogens (tertiary/aromatic N) is 1. The number of hydrogen-bond donors (Lipinski definition) is 0. The molecular formula is C9H19NO4Si. The monoisotopic (exact) mass is 233 g/mol. The van der Waals surface area contributed by atoms with Gasteiger partial charge in [-0.3, -0.25) is 14.2 Å². The molecule has 6 heteroatoms. The van der Waals surface area contributed by atoms with Crippen LogP contribution in [0.1, 0.15) is 27.7 Å². The van der Waals surface area contributed by atoms with Gasteiger partial charge in [0.1, 0.15) is 0 Å². The molecule has 0 atom stereocenters. The van der Waals surface area contributed by atoms with Gasteiger partial charge in [-0.15, -0.1) is 0 Å². The third kappa shape index (κ3) is 4.44. The smallest absolute Gasteiger partial charge is 0.474 e. The topological polar surface area (TPSA) is 55.8 Å². The minimum absolute atomic E-state index is 0.419. The van der Waals surface area contributed by atoms with E-state index in [4.69, 9.17) is 8.85 Å². The first-order chi connectivity index (χ1) is 6.85. The second-order valence-corrected chi connectivity index (χ2v) is 6.09. The van der Waals surface area contributed by atoms with Gasteiger partial charge >= 0.3 is 8.72 Å². The molecule has 0 amide bonds. The molecule has 0 aromatic rings. The fourth-order valence-electron chi connectivity index (χ4n) is 1.48. The molecule has 0 aromatic carbocycles. The average molecular weight is 233 g/mol. The summed E-state index contributed by atoms with van der Waals surface area (Å²) in [4.78, 5) is 21.9. The molecule has 0 saturated heterocycles. The highest BCUT2D eigenvalue weighted by Gasteiger charge is 2.44. The van der Waals surface area contributed by atoms with E-state index in [9.17, 15) is 9.59 Å². The van der Waals surface area contributed by atoms with Crippen molar-refractivity contribution in [2.75, 3.05) is 13.1 Å². The molecular weight excluding hydrogens is 214 g/mol. The van der Waals surface area contributed by atoms with Crippen LogP contribution in [0.25, 0.3) is 0 Å². The van der Waals surface area contributed by atoms with Crippen LogP contribution in [0.3, 0.4) is 0 Å².